The molecule has 6 nitrogen and oxygen atoms in total. The Morgan fingerprint density at radius 2 is 2.11 bits per heavy atom. The topological polar surface area (TPSA) is 74.6 Å². The van der Waals surface area contributed by atoms with Gasteiger partial charge in [0.1, 0.15) is 0 Å². The molecule has 104 valence electrons. The fourth-order valence-electron chi connectivity index (χ4n) is 2.02. The maximum absolute atomic E-state index is 5.95. The van der Waals surface area contributed by atoms with E-state index in [2.05, 4.69) is 35.3 Å². The fourth-order valence-corrected chi connectivity index (χ4v) is 2.02. The van der Waals surface area contributed by atoms with Crippen LogP contribution in [0.2, 0.25) is 0 Å². The Labute approximate surface area is 113 Å². The van der Waals surface area contributed by atoms with Crippen LogP contribution in [0, 0.1) is 0 Å². The molecule has 6 heteroatoms. The Balaban J connectivity index is 2.16. The largest absolute Gasteiger partial charge is 0.323 e. The molecule has 0 spiro atoms. The van der Waals surface area contributed by atoms with E-state index in [4.69, 9.17) is 5.73 Å². The molecule has 2 aromatic rings. The average Bonchev–Trinajstić information content (AvgIpc) is 3.05. The van der Waals surface area contributed by atoms with Crippen LogP contribution in [0.15, 0.2) is 12.3 Å². The fraction of sp³-hybridized carbons (Fsp3) is 0.615. The van der Waals surface area contributed by atoms with Crippen LogP contribution in [0.25, 0.3) is 0 Å². The molecule has 0 aliphatic carbocycles. The van der Waals surface area contributed by atoms with Crippen LogP contribution in [-0.2, 0) is 19.5 Å². The summed E-state index contributed by atoms with van der Waals surface area (Å²) in [6.07, 6.45) is 3.74. The second-order valence-corrected chi connectivity index (χ2v) is 4.65. The summed E-state index contributed by atoms with van der Waals surface area (Å²) in [7, 11) is 0. The van der Waals surface area contributed by atoms with E-state index in [1.165, 1.54) is 0 Å². The molecule has 2 N–H and O–H groups in total. The van der Waals surface area contributed by atoms with Gasteiger partial charge >= 0.3 is 0 Å². The standard InChI is InChI=1S/C13H22N6/c1-4-10-7-11(19(6-3)16-10)8-18-9-13(15-17-18)12(14)5-2/h7,9,12H,4-6,8,14H2,1-3H3. The van der Waals surface area contributed by atoms with Crippen molar-refractivity contribution < 1.29 is 0 Å². The smallest absolute Gasteiger partial charge is 0.0994 e. The summed E-state index contributed by atoms with van der Waals surface area (Å²) in [5.74, 6) is 0. The van der Waals surface area contributed by atoms with Crippen molar-refractivity contribution in [3.05, 3.63) is 29.3 Å². The lowest BCUT2D eigenvalue weighted by atomic mass is 10.2. The second-order valence-electron chi connectivity index (χ2n) is 4.65. The van der Waals surface area contributed by atoms with Gasteiger partial charge in [0.15, 0.2) is 0 Å². The average molecular weight is 262 g/mol. The SMILES string of the molecule is CCc1cc(Cn2cc(C(N)CC)nn2)n(CC)n1. The molecule has 0 saturated carbocycles. The van der Waals surface area contributed by atoms with Gasteiger partial charge in [-0.2, -0.15) is 5.10 Å². The first kappa shape index (κ1) is 13.7. The number of aryl methyl sites for hydroxylation is 2. The van der Waals surface area contributed by atoms with Gasteiger partial charge in [-0.25, -0.2) is 4.68 Å². The second kappa shape index (κ2) is 5.97. The van der Waals surface area contributed by atoms with Gasteiger partial charge in [-0.1, -0.05) is 19.1 Å². The zero-order chi connectivity index (χ0) is 13.8. The molecule has 0 bridgehead atoms. The lowest BCUT2D eigenvalue weighted by molar-refractivity contribution is 0.563. The maximum Gasteiger partial charge on any atom is 0.0994 e. The Kier molecular flexibility index (Phi) is 4.31. The molecule has 1 unspecified atom stereocenters. The maximum atomic E-state index is 5.95. The normalized spacial score (nSPS) is 12.8. The van der Waals surface area contributed by atoms with Crippen LogP contribution in [0.1, 0.15) is 50.3 Å². The van der Waals surface area contributed by atoms with Crippen LogP contribution in [0.4, 0.5) is 0 Å². The van der Waals surface area contributed by atoms with Gasteiger partial charge in [0.05, 0.1) is 35.9 Å². The monoisotopic (exact) mass is 262 g/mol. The number of nitrogens with two attached hydrogens (primary N) is 1. The van der Waals surface area contributed by atoms with Gasteiger partial charge in [0, 0.05) is 6.54 Å². The molecule has 0 radical (unpaired) electrons. The van der Waals surface area contributed by atoms with Crippen LogP contribution in [-0.4, -0.2) is 24.8 Å². The predicted molar refractivity (Wildman–Crippen MR) is 73.6 cm³/mol. The number of hydrogen-bond donors (Lipinski definition) is 1. The Morgan fingerprint density at radius 3 is 2.74 bits per heavy atom. The van der Waals surface area contributed by atoms with Crippen molar-refractivity contribution in [1.29, 1.82) is 0 Å². The number of aromatic nitrogens is 5. The lowest BCUT2D eigenvalue weighted by Gasteiger charge is -2.04. The molecule has 19 heavy (non-hydrogen) atoms. The first-order valence-electron chi connectivity index (χ1n) is 6.89. The Hall–Kier alpha value is -1.69. The van der Waals surface area contributed by atoms with Crippen molar-refractivity contribution in [2.75, 3.05) is 0 Å². The minimum atomic E-state index is -0.0314. The summed E-state index contributed by atoms with van der Waals surface area (Å²) in [6.45, 7) is 7.80. The highest BCUT2D eigenvalue weighted by atomic mass is 15.4. The van der Waals surface area contributed by atoms with E-state index in [0.29, 0.717) is 6.54 Å². The summed E-state index contributed by atoms with van der Waals surface area (Å²) in [5.41, 5.74) is 9.06. The van der Waals surface area contributed by atoms with Crippen molar-refractivity contribution in [3.63, 3.8) is 0 Å². The van der Waals surface area contributed by atoms with E-state index in [1.807, 2.05) is 22.5 Å². The summed E-state index contributed by atoms with van der Waals surface area (Å²) in [5, 5.41) is 12.8. The predicted octanol–water partition coefficient (Wildman–Crippen LogP) is 1.51. The molecule has 0 saturated heterocycles. The van der Waals surface area contributed by atoms with Crippen molar-refractivity contribution in [2.45, 2.75) is 52.7 Å². The highest BCUT2D eigenvalue weighted by Crippen LogP contribution is 2.11. The summed E-state index contributed by atoms with van der Waals surface area (Å²) < 4.78 is 3.84. The molecule has 0 fully saturated rings. The van der Waals surface area contributed by atoms with Gasteiger partial charge in [0.2, 0.25) is 0 Å². The van der Waals surface area contributed by atoms with Crippen molar-refractivity contribution in [3.8, 4) is 0 Å². The van der Waals surface area contributed by atoms with Gasteiger partial charge in [-0.3, -0.25) is 4.68 Å². The molecule has 0 aromatic carbocycles. The summed E-state index contributed by atoms with van der Waals surface area (Å²) in [6, 6.07) is 2.10. The third kappa shape index (κ3) is 3.01. The molecule has 1 atom stereocenters. The number of nitrogens with zero attached hydrogens (tertiary/aromatic N) is 5. The van der Waals surface area contributed by atoms with Crippen molar-refractivity contribution in [1.82, 2.24) is 24.8 Å². The highest BCUT2D eigenvalue weighted by molar-refractivity contribution is 5.11. The molecular formula is C13H22N6. The highest BCUT2D eigenvalue weighted by Gasteiger charge is 2.11. The number of rotatable bonds is 6. The van der Waals surface area contributed by atoms with Gasteiger partial charge in [0.25, 0.3) is 0 Å². The van der Waals surface area contributed by atoms with Crippen LogP contribution >= 0.6 is 0 Å². The molecule has 2 aromatic heterocycles. The van der Waals surface area contributed by atoms with Crippen LogP contribution in [0.5, 0.6) is 0 Å². The quantitative estimate of drug-likeness (QED) is 0.856. The molecule has 0 amide bonds. The number of hydrogen-bond acceptors (Lipinski definition) is 4. The summed E-state index contributed by atoms with van der Waals surface area (Å²) >= 11 is 0. The van der Waals surface area contributed by atoms with E-state index in [0.717, 1.165) is 36.5 Å². The van der Waals surface area contributed by atoms with E-state index in [9.17, 15) is 0 Å². The first-order valence-corrected chi connectivity index (χ1v) is 6.89. The van der Waals surface area contributed by atoms with E-state index in [1.54, 1.807) is 0 Å². The van der Waals surface area contributed by atoms with E-state index in [-0.39, 0.29) is 6.04 Å². The zero-order valence-electron chi connectivity index (χ0n) is 11.9. The molecule has 2 heterocycles. The van der Waals surface area contributed by atoms with Gasteiger partial charge in [-0.05, 0) is 25.8 Å². The third-order valence-electron chi connectivity index (χ3n) is 3.28. The van der Waals surface area contributed by atoms with Crippen molar-refractivity contribution >= 4 is 0 Å². The van der Waals surface area contributed by atoms with Gasteiger partial charge in [-0.15, -0.1) is 5.10 Å². The Morgan fingerprint density at radius 1 is 1.32 bits per heavy atom. The van der Waals surface area contributed by atoms with E-state index >= 15 is 0 Å². The molecule has 2 rings (SSSR count). The zero-order valence-corrected chi connectivity index (χ0v) is 11.9. The minimum Gasteiger partial charge on any atom is -0.323 e. The Bertz CT molecular complexity index is 527. The van der Waals surface area contributed by atoms with Crippen LogP contribution in [0.3, 0.4) is 0 Å². The molecular weight excluding hydrogens is 240 g/mol. The summed E-state index contributed by atoms with van der Waals surface area (Å²) in [4.78, 5) is 0. The van der Waals surface area contributed by atoms with E-state index < -0.39 is 0 Å². The molecule has 0 aliphatic rings. The van der Waals surface area contributed by atoms with Crippen LogP contribution < -0.4 is 5.73 Å². The van der Waals surface area contributed by atoms with Crippen molar-refractivity contribution in [2.24, 2.45) is 5.73 Å². The third-order valence-corrected chi connectivity index (χ3v) is 3.28. The minimum absolute atomic E-state index is 0.0314. The van der Waals surface area contributed by atoms with Gasteiger partial charge < -0.3 is 5.73 Å². The lowest BCUT2D eigenvalue weighted by Crippen LogP contribution is -2.09. The first-order chi connectivity index (χ1) is 9.17. The molecule has 0 aliphatic heterocycles.